The van der Waals surface area contributed by atoms with E-state index in [9.17, 15) is 0 Å². The van der Waals surface area contributed by atoms with Crippen molar-refractivity contribution in [1.82, 2.24) is 0 Å². The number of para-hydroxylation sites is 1. The minimum absolute atomic E-state index is 0.0440. The van der Waals surface area contributed by atoms with Crippen molar-refractivity contribution in [3.8, 4) is 5.75 Å². The van der Waals surface area contributed by atoms with Gasteiger partial charge < -0.3 is 10.5 Å². The fourth-order valence-corrected chi connectivity index (χ4v) is 1.73. The molecule has 0 aromatic heterocycles. The minimum Gasteiger partial charge on any atom is -0.490 e. The minimum atomic E-state index is 0.0440. The third-order valence-electron chi connectivity index (χ3n) is 1.80. The number of rotatable bonds is 0. The molecule has 1 heterocycles. The molecule has 2 N–H and O–H groups in total. The van der Waals surface area contributed by atoms with Gasteiger partial charge in [0.05, 0.1) is 10.5 Å². The summed E-state index contributed by atoms with van der Waals surface area (Å²) in [7, 11) is 0. The molecule has 2 rings (SSSR count). The van der Waals surface area contributed by atoms with Crippen LogP contribution in [0.25, 0.3) is 0 Å². The normalized spacial score (nSPS) is 21.1. The highest BCUT2D eigenvalue weighted by Gasteiger charge is 2.21. The molecule has 1 aromatic carbocycles. The first-order valence-electron chi connectivity index (χ1n) is 3.46. The maximum atomic E-state index is 5.77. The predicted octanol–water partition coefficient (Wildman–Crippen LogP) is 1.84. The first kappa shape index (κ1) is 7.13. The Balaban J connectivity index is 2.57. The van der Waals surface area contributed by atoms with Crippen LogP contribution in [-0.2, 0) is 0 Å². The summed E-state index contributed by atoms with van der Waals surface area (Å²) in [5.41, 5.74) is 6.87. The van der Waals surface area contributed by atoms with E-state index in [-0.39, 0.29) is 6.04 Å². The summed E-state index contributed by atoms with van der Waals surface area (Å²) in [4.78, 5) is 0. The van der Waals surface area contributed by atoms with Crippen molar-refractivity contribution >= 4 is 15.9 Å². The van der Waals surface area contributed by atoms with Crippen molar-refractivity contribution in [1.29, 1.82) is 0 Å². The quantitative estimate of drug-likeness (QED) is 0.715. The second kappa shape index (κ2) is 2.50. The first-order chi connectivity index (χ1) is 5.29. The monoisotopic (exact) mass is 213 g/mol. The fraction of sp³-hybridized carbons (Fsp3) is 0.250. The molecule has 2 nitrogen and oxygen atoms in total. The second-order valence-corrected chi connectivity index (χ2v) is 3.43. The van der Waals surface area contributed by atoms with Crippen molar-refractivity contribution in [3.05, 3.63) is 28.2 Å². The van der Waals surface area contributed by atoms with Crippen molar-refractivity contribution in [2.45, 2.75) is 6.04 Å². The Labute approximate surface area is 73.5 Å². The first-order valence-corrected chi connectivity index (χ1v) is 4.25. The predicted molar refractivity (Wildman–Crippen MR) is 46.6 cm³/mol. The average molecular weight is 214 g/mol. The van der Waals surface area contributed by atoms with E-state index in [2.05, 4.69) is 15.9 Å². The third-order valence-corrected chi connectivity index (χ3v) is 2.43. The Morgan fingerprint density at radius 1 is 1.55 bits per heavy atom. The van der Waals surface area contributed by atoms with Crippen molar-refractivity contribution in [3.63, 3.8) is 0 Å². The van der Waals surface area contributed by atoms with Crippen LogP contribution in [-0.4, -0.2) is 6.61 Å². The number of nitrogens with two attached hydrogens (primary N) is 1. The molecule has 0 spiro atoms. The fourth-order valence-electron chi connectivity index (χ4n) is 1.23. The molecule has 11 heavy (non-hydrogen) atoms. The second-order valence-electron chi connectivity index (χ2n) is 2.58. The topological polar surface area (TPSA) is 35.2 Å². The molecule has 0 amide bonds. The van der Waals surface area contributed by atoms with Gasteiger partial charge in [-0.1, -0.05) is 12.1 Å². The standard InChI is InChI=1S/C8H8BrNO/c9-6-3-1-2-5-7(10)4-11-8(5)6/h1-3,7H,4,10H2/t7-/m0/s1. The van der Waals surface area contributed by atoms with E-state index in [1.807, 2.05) is 18.2 Å². The Hall–Kier alpha value is -0.540. The Bertz CT molecular complexity index is 287. The lowest BCUT2D eigenvalue weighted by Gasteiger charge is -2.00. The average Bonchev–Trinajstić information content (AvgIpc) is 2.35. The van der Waals surface area contributed by atoms with Crippen LogP contribution < -0.4 is 10.5 Å². The van der Waals surface area contributed by atoms with Crippen LogP contribution in [0.3, 0.4) is 0 Å². The van der Waals surface area contributed by atoms with Crippen molar-refractivity contribution in [2.24, 2.45) is 5.73 Å². The number of hydrogen-bond acceptors (Lipinski definition) is 2. The Kier molecular flexibility index (Phi) is 1.62. The van der Waals surface area contributed by atoms with Gasteiger partial charge in [0.15, 0.2) is 0 Å². The van der Waals surface area contributed by atoms with E-state index in [1.165, 1.54) is 0 Å². The van der Waals surface area contributed by atoms with E-state index in [0.29, 0.717) is 6.61 Å². The molecule has 1 aliphatic rings. The van der Waals surface area contributed by atoms with Crippen LogP contribution >= 0.6 is 15.9 Å². The lowest BCUT2D eigenvalue weighted by atomic mass is 10.1. The van der Waals surface area contributed by atoms with E-state index in [1.54, 1.807) is 0 Å². The zero-order valence-electron chi connectivity index (χ0n) is 5.88. The highest BCUT2D eigenvalue weighted by atomic mass is 79.9. The van der Waals surface area contributed by atoms with Gasteiger partial charge in [0, 0.05) is 5.56 Å². The molecule has 1 aliphatic heterocycles. The van der Waals surface area contributed by atoms with Crippen LogP contribution in [0.5, 0.6) is 5.75 Å². The van der Waals surface area contributed by atoms with Gasteiger partial charge in [-0.05, 0) is 22.0 Å². The van der Waals surface area contributed by atoms with Crippen molar-refractivity contribution < 1.29 is 4.74 Å². The van der Waals surface area contributed by atoms with E-state index in [0.717, 1.165) is 15.8 Å². The lowest BCUT2D eigenvalue weighted by molar-refractivity contribution is 0.331. The molecule has 3 heteroatoms. The highest BCUT2D eigenvalue weighted by Crippen LogP contribution is 2.36. The highest BCUT2D eigenvalue weighted by molar-refractivity contribution is 9.10. The van der Waals surface area contributed by atoms with Gasteiger partial charge in [-0.3, -0.25) is 0 Å². The largest absolute Gasteiger partial charge is 0.490 e. The zero-order valence-corrected chi connectivity index (χ0v) is 7.47. The summed E-state index contributed by atoms with van der Waals surface area (Å²) >= 11 is 3.39. The van der Waals surface area contributed by atoms with Crippen molar-refractivity contribution in [2.75, 3.05) is 6.61 Å². The SMILES string of the molecule is N[C@H]1COc2c(Br)cccc21. The Morgan fingerprint density at radius 3 is 3.09 bits per heavy atom. The van der Waals surface area contributed by atoms with Gasteiger partial charge in [-0.15, -0.1) is 0 Å². The molecule has 0 fully saturated rings. The number of fused-ring (bicyclic) bond motifs is 1. The summed E-state index contributed by atoms with van der Waals surface area (Å²) in [5, 5.41) is 0. The van der Waals surface area contributed by atoms with Crippen LogP contribution in [0.15, 0.2) is 22.7 Å². The molecule has 0 bridgehead atoms. The molecule has 0 aliphatic carbocycles. The number of halogens is 1. The Morgan fingerprint density at radius 2 is 2.36 bits per heavy atom. The zero-order chi connectivity index (χ0) is 7.84. The molecular weight excluding hydrogens is 206 g/mol. The summed E-state index contributed by atoms with van der Waals surface area (Å²) in [6.07, 6.45) is 0. The molecule has 0 saturated carbocycles. The third kappa shape index (κ3) is 1.04. The van der Waals surface area contributed by atoms with Crippen LogP contribution in [0.4, 0.5) is 0 Å². The molecule has 1 aromatic rings. The molecule has 0 radical (unpaired) electrons. The number of hydrogen-bond donors (Lipinski definition) is 1. The van der Waals surface area contributed by atoms with E-state index >= 15 is 0 Å². The number of benzene rings is 1. The van der Waals surface area contributed by atoms with Gasteiger partial charge in [0.1, 0.15) is 12.4 Å². The summed E-state index contributed by atoms with van der Waals surface area (Å²) in [6, 6.07) is 5.97. The van der Waals surface area contributed by atoms with Crippen LogP contribution in [0.1, 0.15) is 11.6 Å². The molecule has 0 saturated heterocycles. The smallest absolute Gasteiger partial charge is 0.138 e. The maximum Gasteiger partial charge on any atom is 0.138 e. The van der Waals surface area contributed by atoms with Gasteiger partial charge >= 0.3 is 0 Å². The van der Waals surface area contributed by atoms with Crippen LogP contribution in [0, 0.1) is 0 Å². The molecule has 1 atom stereocenters. The van der Waals surface area contributed by atoms with E-state index < -0.39 is 0 Å². The van der Waals surface area contributed by atoms with Gasteiger partial charge in [0.25, 0.3) is 0 Å². The van der Waals surface area contributed by atoms with Gasteiger partial charge in [0.2, 0.25) is 0 Å². The summed E-state index contributed by atoms with van der Waals surface area (Å²) < 4.78 is 6.36. The van der Waals surface area contributed by atoms with Gasteiger partial charge in [-0.2, -0.15) is 0 Å². The summed E-state index contributed by atoms with van der Waals surface area (Å²) in [6.45, 7) is 0.595. The lowest BCUT2D eigenvalue weighted by Crippen LogP contribution is -2.10. The molecular formula is C8H8BrNO. The van der Waals surface area contributed by atoms with E-state index in [4.69, 9.17) is 10.5 Å². The maximum absolute atomic E-state index is 5.77. The summed E-state index contributed by atoms with van der Waals surface area (Å²) in [5.74, 6) is 0.903. The molecule has 0 unspecified atom stereocenters. The van der Waals surface area contributed by atoms with Gasteiger partial charge in [-0.25, -0.2) is 0 Å². The number of ether oxygens (including phenoxy) is 1. The van der Waals surface area contributed by atoms with Crippen LogP contribution in [0.2, 0.25) is 0 Å². The molecule has 58 valence electrons.